The molecule has 1 aromatic carbocycles. The van der Waals surface area contributed by atoms with Crippen molar-refractivity contribution in [3.05, 3.63) is 34.4 Å². The van der Waals surface area contributed by atoms with Crippen molar-refractivity contribution >= 4 is 65.1 Å². The van der Waals surface area contributed by atoms with Crippen LogP contribution in [0, 0.1) is 22.0 Å². The number of nitro benzene ring substituents is 1. The average molecular weight is 922 g/mol. The second-order valence-corrected chi connectivity index (χ2v) is 16.0. The number of aliphatic carboxylic acids is 2. The summed E-state index contributed by atoms with van der Waals surface area (Å²) < 4.78 is 5.29. The van der Waals surface area contributed by atoms with Crippen molar-refractivity contribution in [3.63, 3.8) is 0 Å². The summed E-state index contributed by atoms with van der Waals surface area (Å²) in [6, 6.07) is -4.31. The predicted octanol–water partition coefficient (Wildman–Crippen LogP) is -0.696. The van der Waals surface area contributed by atoms with E-state index in [1.807, 2.05) is 0 Å². The normalized spacial score (nSPS) is 16.1. The van der Waals surface area contributed by atoms with E-state index in [2.05, 4.69) is 32.0 Å². The molecule has 2 rings (SSSR count). The van der Waals surface area contributed by atoms with E-state index in [1.165, 1.54) is 37.8 Å². The molecule has 0 bridgehead atoms. The first kappa shape index (κ1) is 54.2. The van der Waals surface area contributed by atoms with Crippen LogP contribution in [0.3, 0.4) is 0 Å². The second-order valence-electron chi connectivity index (χ2n) is 16.0. The number of hydrogen-bond acceptors (Lipinski definition) is 14. The number of aliphatic hydroxyl groups excluding tert-OH is 1. The van der Waals surface area contributed by atoms with E-state index in [0.29, 0.717) is 12.8 Å². The Morgan fingerprint density at radius 2 is 1.35 bits per heavy atom. The van der Waals surface area contributed by atoms with Crippen LogP contribution in [-0.4, -0.2) is 145 Å². The maximum absolute atomic E-state index is 14.1. The van der Waals surface area contributed by atoms with E-state index in [0.717, 1.165) is 24.1 Å². The molecule has 1 heterocycles. The molecule has 1 saturated heterocycles. The molecule has 1 fully saturated rings. The molecular formula is C40H59N9O16. The first-order chi connectivity index (χ1) is 30.4. The SMILES string of the molecule is CCCN(NC(=O)[C@@H]1CCCN1C(=O)[C@@H](NC(=O)[C@@H](NC(=O)[C@H](CC(=O)O)NC(=O)[C@H](CCC(=O)O)NC(=O)[C@@H](NC(C)=O)[C@@H](C)O)C(C)C)C(C)C)C(=O)Oc1ccc([N+](=O)[O-])cc1. The molecule has 0 radical (unpaired) electrons. The molecule has 0 unspecified atom stereocenters. The topological polar surface area (TPSA) is 362 Å². The largest absolute Gasteiger partial charge is 0.481 e. The number of amides is 8. The Morgan fingerprint density at radius 1 is 0.800 bits per heavy atom. The van der Waals surface area contributed by atoms with Crippen LogP contribution in [-0.2, 0) is 43.2 Å². The molecule has 9 N–H and O–H groups in total. The molecule has 25 heteroatoms. The maximum Gasteiger partial charge on any atom is 0.434 e. The van der Waals surface area contributed by atoms with Crippen molar-refractivity contribution in [2.45, 2.75) is 129 Å². The molecule has 0 aliphatic carbocycles. The van der Waals surface area contributed by atoms with Crippen LogP contribution in [0.5, 0.6) is 5.75 Å². The molecular weight excluding hydrogens is 862 g/mol. The van der Waals surface area contributed by atoms with Crippen molar-refractivity contribution in [1.29, 1.82) is 0 Å². The highest BCUT2D eigenvalue weighted by molar-refractivity contribution is 5.98. The van der Waals surface area contributed by atoms with E-state index < -0.39 is 138 Å². The maximum atomic E-state index is 14.1. The summed E-state index contributed by atoms with van der Waals surface area (Å²) in [6.07, 6.45) is -3.81. The number of aliphatic hydroxyl groups is 1. The Hall–Kier alpha value is -6.92. The third-order valence-electron chi connectivity index (χ3n) is 9.90. The number of likely N-dealkylation sites (tertiary alicyclic amines) is 1. The predicted molar refractivity (Wildman–Crippen MR) is 225 cm³/mol. The minimum atomic E-state index is -1.90. The summed E-state index contributed by atoms with van der Waals surface area (Å²) in [5, 5.41) is 52.4. The second kappa shape index (κ2) is 25.4. The van der Waals surface area contributed by atoms with E-state index >= 15 is 0 Å². The molecule has 8 amide bonds. The number of non-ortho nitro benzene ring substituents is 1. The number of carbonyl (C=O) groups excluding carboxylic acids is 8. The Bertz CT molecular complexity index is 1930. The van der Waals surface area contributed by atoms with Gasteiger partial charge in [-0.3, -0.25) is 58.7 Å². The fourth-order valence-corrected chi connectivity index (χ4v) is 6.52. The van der Waals surface area contributed by atoms with Crippen LogP contribution in [0.1, 0.15) is 87.0 Å². The third-order valence-corrected chi connectivity index (χ3v) is 9.90. The average Bonchev–Trinajstić information content (AvgIpc) is 3.71. The van der Waals surface area contributed by atoms with Crippen LogP contribution in [0.15, 0.2) is 24.3 Å². The van der Waals surface area contributed by atoms with Crippen molar-refractivity contribution < 1.29 is 72.9 Å². The zero-order chi connectivity index (χ0) is 49.3. The number of hydrazine groups is 1. The van der Waals surface area contributed by atoms with Crippen LogP contribution in [0.4, 0.5) is 10.5 Å². The molecule has 7 atom stereocenters. The zero-order valence-corrected chi connectivity index (χ0v) is 37.2. The molecule has 360 valence electrons. The van der Waals surface area contributed by atoms with E-state index in [-0.39, 0.29) is 30.9 Å². The van der Waals surface area contributed by atoms with Gasteiger partial charge >= 0.3 is 18.0 Å². The van der Waals surface area contributed by atoms with Gasteiger partial charge in [0.1, 0.15) is 42.0 Å². The number of nitrogens with zero attached hydrogens (tertiary/aromatic N) is 3. The van der Waals surface area contributed by atoms with Gasteiger partial charge in [0.25, 0.3) is 11.6 Å². The number of carboxylic acid groups (broad SMARTS) is 2. The highest BCUT2D eigenvalue weighted by Gasteiger charge is 2.41. The Kier molecular flexibility index (Phi) is 21.2. The first-order valence-corrected chi connectivity index (χ1v) is 20.8. The Morgan fingerprint density at radius 3 is 1.86 bits per heavy atom. The molecule has 1 aromatic rings. The smallest absolute Gasteiger partial charge is 0.434 e. The number of rotatable bonds is 23. The highest BCUT2D eigenvalue weighted by Crippen LogP contribution is 2.22. The van der Waals surface area contributed by atoms with Crippen LogP contribution >= 0.6 is 0 Å². The Balaban J connectivity index is 2.27. The van der Waals surface area contributed by atoms with Gasteiger partial charge < -0.3 is 51.5 Å². The number of carboxylic acids is 2. The van der Waals surface area contributed by atoms with Crippen LogP contribution < -0.4 is 36.7 Å². The number of nitro groups is 1. The van der Waals surface area contributed by atoms with Crippen molar-refractivity contribution in [1.82, 2.24) is 41.9 Å². The Labute approximate surface area is 373 Å². The van der Waals surface area contributed by atoms with Crippen LogP contribution in [0.2, 0.25) is 0 Å². The summed E-state index contributed by atoms with van der Waals surface area (Å²) in [4.78, 5) is 141. The highest BCUT2D eigenvalue weighted by atomic mass is 16.6. The lowest BCUT2D eigenvalue weighted by Crippen LogP contribution is -2.62. The zero-order valence-electron chi connectivity index (χ0n) is 37.2. The molecule has 0 spiro atoms. The summed E-state index contributed by atoms with van der Waals surface area (Å²) in [6.45, 7) is 10.3. The summed E-state index contributed by atoms with van der Waals surface area (Å²) in [5.74, 6) is -10.8. The molecule has 65 heavy (non-hydrogen) atoms. The summed E-state index contributed by atoms with van der Waals surface area (Å²) in [5.41, 5.74) is 2.24. The quantitative estimate of drug-likeness (QED) is 0.0484. The number of hydrogen-bond donors (Lipinski definition) is 9. The third kappa shape index (κ3) is 16.9. The van der Waals surface area contributed by atoms with Crippen molar-refractivity contribution in [2.75, 3.05) is 13.1 Å². The van der Waals surface area contributed by atoms with Crippen molar-refractivity contribution in [2.24, 2.45) is 11.8 Å². The fraction of sp³-hybridized carbons (Fsp3) is 0.600. The molecule has 25 nitrogen and oxygen atoms in total. The number of benzene rings is 1. The lowest BCUT2D eigenvalue weighted by molar-refractivity contribution is -0.384. The van der Waals surface area contributed by atoms with Crippen molar-refractivity contribution in [3.8, 4) is 5.75 Å². The lowest BCUT2D eigenvalue weighted by atomic mass is 9.98. The lowest BCUT2D eigenvalue weighted by Gasteiger charge is -2.33. The van der Waals surface area contributed by atoms with Gasteiger partial charge in [0.15, 0.2) is 0 Å². The number of ether oxygens (including phenoxy) is 1. The van der Waals surface area contributed by atoms with Gasteiger partial charge in [-0.1, -0.05) is 34.6 Å². The van der Waals surface area contributed by atoms with Gasteiger partial charge in [-0.05, 0) is 56.6 Å². The molecule has 1 aliphatic rings. The van der Waals surface area contributed by atoms with Crippen LogP contribution in [0.25, 0.3) is 0 Å². The minimum Gasteiger partial charge on any atom is -0.481 e. The number of carbonyl (C=O) groups is 10. The van der Waals surface area contributed by atoms with Gasteiger partial charge in [-0.25, -0.2) is 9.80 Å². The number of nitrogens with one attached hydrogen (secondary N) is 6. The minimum absolute atomic E-state index is 0.00556. The molecule has 0 aromatic heterocycles. The van der Waals surface area contributed by atoms with E-state index in [1.54, 1.807) is 20.8 Å². The van der Waals surface area contributed by atoms with Gasteiger partial charge in [-0.2, -0.15) is 0 Å². The van der Waals surface area contributed by atoms with Gasteiger partial charge in [0, 0.05) is 38.6 Å². The van der Waals surface area contributed by atoms with Gasteiger partial charge in [0.2, 0.25) is 35.4 Å². The fourth-order valence-electron chi connectivity index (χ4n) is 6.52. The first-order valence-electron chi connectivity index (χ1n) is 20.8. The van der Waals surface area contributed by atoms with E-state index in [4.69, 9.17) is 4.74 Å². The van der Waals surface area contributed by atoms with Gasteiger partial charge in [-0.15, -0.1) is 0 Å². The molecule has 1 aliphatic heterocycles. The summed E-state index contributed by atoms with van der Waals surface area (Å²) >= 11 is 0. The van der Waals surface area contributed by atoms with Gasteiger partial charge in [0.05, 0.1) is 17.4 Å². The summed E-state index contributed by atoms with van der Waals surface area (Å²) in [7, 11) is 0. The molecule has 0 saturated carbocycles. The van der Waals surface area contributed by atoms with E-state index in [9.17, 15) is 73.4 Å². The standard InChI is InChI=1S/C40H59N9O16/c1-8-17-48(40(62)65-25-13-11-24(12-14-25)49(63)64)46-36(58)28-10-9-18-47(28)39(61)32(21(4)5)45-37(59)31(20(2)3)44-35(57)27(19-30(54)55)43-34(56)26(15-16-29(52)53)42-38(60)33(22(6)50)41-23(7)51/h11-14,20-22,26-28,31-33,50H,8-10,15-19H2,1-7H3,(H,41,51)(H,42,60)(H,43,56)(H,44,57)(H,45,59)(H,46,58)(H,52,53)(H,54,55)/t22-,26+,27+,28+,31+,32+,33+/m1/s1. The monoisotopic (exact) mass is 921 g/mol.